The molecule has 6 heteroatoms. The fraction of sp³-hybridized carbons (Fsp3) is 0.444. The second kappa shape index (κ2) is 3.68. The van der Waals surface area contributed by atoms with Gasteiger partial charge in [0.2, 0.25) is 11.8 Å². The maximum Gasteiger partial charge on any atom is 0.239 e. The summed E-state index contributed by atoms with van der Waals surface area (Å²) in [4.78, 5) is 28.8. The highest BCUT2D eigenvalue weighted by molar-refractivity contribution is 9.11. The van der Waals surface area contributed by atoms with Gasteiger partial charge < -0.3 is 0 Å². The van der Waals surface area contributed by atoms with Gasteiger partial charge in [0.25, 0.3) is 0 Å². The molecule has 0 aromatic carbocycles. The number of anilines is 1. The first kappa shape index (κ1) is 10.8. The normalized spacial score (nSPS) is 26.5. The van der Waals surface area contributed by atoms with Gasteiger partial charge in [0, 0.05) is 11.8 Å². The molecule has 2 unspecified atom stereocenters. The van der Waals surface area contributed by atoms with Gasteiger partial charge in [-0.2, -0.15) is 0 Å². The van der Waals surface area contributed by atoms with Gasteiger partial charge in [-0.1, -0.05) is 25.2 Å². The fourth-order valence-electron chi connectivity index (χ4n) is 1.48. The van der Waals surface area contributed by atoms with Crippen molar-refractivity contribution in [2.24, 2.45) is 11.8 Å². The van der Waals surface area contributed by atoms with E-state index in [-0.39, 0.29) is 23.7 Å². The monoisotopic (exact) mass is 288 g/mol. The second-order valence-corrected chi connectivity index (χ2v) is 5.92. The number of thiazole rings is 1. The molecule has 2 rings (SSSR count). The zero-order valence-corrected chi connectivity index (χ0v) is 10.6. The predicted molar refractivity (Wildman–Crippen MR) is 60.6 cm³/mol. The molecule has 15 heavy (non-hydrogen) atoms. The van der Waals surface area contributed by atoms with Crippen molar-refractivity contribution in [2.75, 3.05) is 4.90 Å². The van der Waals surface area contributed by atoms with E-state index in [0.717, 1.165) is 3.79 Å². The molecule has 1 aliphatic rings. The van der Waals surface area contributed by atoms with Crippen LogP contribution in [-0.2, 0) is 9.59 Å². The molecular weight excluding hydrogens is 280 g/mol. The molecule has 1 fully saturated rings. The topological polar surface area (TPSA) is 50.3 Å². The molecule has 2 heterocycles. The largest absolute Gasteiger partial charge is 0.274 e. The molecule has 0 spiro atoms. The summed E-state index contributed by atoms with van der Waals surface area (Å²) in [5.41, 5.74) is 0. The quantitative estimate of drug-likeness (QED) is 0.743. The van der Waals surface area contributed by atoms with E-state index < -0.39 is 0 Å². The minimum atomic E-state index is -0.250. The lowest BCUT2D eigenvalue weighted by Crippen LogP contribution is -2.30. The van der Waals surface area contributed by atoms with Crippen LogP contribution in [0.15, 0.2) is 9.98 Å². The Morgan fingerprint density at radius 3 is 2.27 bits per heavy atom. The third-order valence-corrected chi connectivity index (χ3v) is 4.09. The molecule has 0 saturated carbocycles. The molecule has 2 amide bonds. The summed E-state index contributed by atoms with van der Waals surface area (Å²) in [5.74, 6) is -0.816. The number of carbonyl (C=O) groups excluding carboxylic acids is 2. The zero-order chi connectivity index (χ0) is 11.2. The Bertz CT molecular complexity index is 412. The lowest BCUT2D eigenvalue weighted by Gasteiger charge is -2.09. The number of aromatic nitrogens is 1. The number of halogens is 1. The molecule has 1 aliphatic heterocycles. The van der Waals surface area contributed by atoms with Gasteiger partial charge in [-0.15, -0.1) is 0 Å². The fourth-order valence-corrected chi connectivity index (χ4v) is 2.67. The lowest BCUT2D eigenvalue weighted by atomic mass is 10.00. The van der Waals surface area contributed by atoms with Crippen LogP contribution in [0, 0.1) is 11.8 Å². The molecule has 0 radical (unpaired) electrons. The first-order chi connectivity index (χ1) is 7.02. The molecule has 0 N–H and O–H groups in total. The lowest BCUT2D eigenvalue weighted by molar-refractivity contribution is -0.122. The van der Waals surface area contributed by atoms with E-state index in [1.807, 2.05) is 0 Å². The van der Waals surface area contributed by atoms with Crippen molar-refractivity contribution >= 4 is 44.2 Å². The molecule has 80 valence electrons. The van der Waals surface area contributed by atoms with E-state index >= 15 is 0 Å². The van der Waals surface area contributed by atoms with E-state index in [4.69, 9.17) is 0 Å². The van der Waals surface area contributed by atoms with Gasteiger partial charge in [0.15, 0.2) is 5.13 Å². The van der Waals surface area contributed by atoms with E-state index in [0.29, 0.717) is 5.13 Å². The Kier molecular flexibility index (Phi) is 2.64. The van der Waals surface area contributed by atoms with E-state index in [9.17, 15) is 9.59 Å². The number of carbonyl (C=O) groups is 2. The van der Waals surface area contributed by atoms with Gasteiger partial charge in [-0.3, -0.25) is 9.59 Å². The average molecular weight is 289 g/mol. The van der Waals surface area contributed by atoms with E-state index in [2.05, 4.69) is 20.9 Å². The first-order valence-electron chi connectivity index (χ1n) is 4.51. The van der Waals surface area contributed by atoms with E-state index in [1.165, 1.54) is 16.2 Å². The number of amides is 2. The van der Waals surface area contributed by atoms with Crippen LogP contribution in [0.3, 0.4) is 0 Å². The Balaban J connectivity index is 2.38. The van der Waals surface area contributed by atoms with E-state index in [1.54, 1.807) is 20.0 Å². The molecule has 0 aliphatic carbocycles. The SMILES string of the molecule is CC1C(=O)N(c2ncc(Br)s2)C(=O)C1C. The van der Waals surface area contributed by atoms with Crippen LogP contribution in [0.5, 0.6) is 0 Å². The number of imide groups is 1. The van der Waals surface area contributed by atoms with Crippen molar-refractivity contribution in [3.63, 3.8) is 0 Å². The van der Waals surface area contributed by atoms with Gasteiger partial charge in [-0.05, 0) is 15.9 Å². The van der Waals surface area contributed by atoms with Crippen molar-refractivity contribution in [3.8, 4) is 0 Å². The Morgan fingerprint density at radius 2 is 1.87 bits per heavy atom. The van der Waals surface area contributed by atoms with Crippen molar-refractivity contribution < 1.29 is 9.59 Å². The van der Waals surface area contributed by atoms with Crippen LogP contribution >= 0.6 is 27.3 Å². The van der Waals surface area contributed by atoms with Gasteiger partial charge in [-0.25, -0.2) is 9.88 Å². The van der Waals surface area contributed by atoms with Crippen LogP contribution in [-0.4, -0.2) is 16.8 Å². The highest BCUT2D eigenvalue weighted by Gasteiger charge is 2.44. The minimum absolute atomic E-state index is 0.158. The Labute approximate surface area is 99.4 Å². The summed E-state index contributed by atoms with van der Waals surface area (Å²) >= 11 is 4.54. The molecule has 1 aromatic heterocycles. The number of nitrogens with zero attached hydrogens (tertiary/aromatic N) is 2. The smallest absolute Gasteiger partial charge is 0.239 e. The third-order valence-electron chi connectivity index (χ3n) is 2.63. The number of hydrogen-bond donors (Lipinski definition) is 0. The van der Waals surface area contributed by atoms with Crippen molar-refractivity contribution in [1.29, 1.82) is 0 Å². The first-order valence-corrected chi connectivity index (χ1v) is 6.12. The predicted octanol–water partition coefficient (Wildman–Crippen LogP) is 2.05. The van der Waals surface area contributed by atoms with Crippen LogP contribution < -0.4 is 4.90 Å². The average Bonchev–Trinajstić information content (AvgIpc) is 2.68. The second-order valence-electron chi connectivity index (χ2n) is 3.54. The van der Waals surface area contributed by atoms with Crippen molar-refractivity contribution in [1.82, 2.24) is 4.98 Å². The summed E-state index contributed by atoms with van der Waals surface area (Å²) in [5, 5.41) is 0.452. The molecule has 1 aromatic rings. The van der Waals surface area contributed by atoms with Crippen LogP contribution in [0.2, 0.25) is 0 Å². The molecular formula is C9H9BrN2O2S. The van der Waals surface area contributed by atoms with Crippen LogP contribution in [0.1, 0.15) is 13.8 Å². The maximum atomic E-state index is 11.8. The van der Waals surface area contributed by atoms with Crippen LogP contribution in [0.25, 0.3) is 0 Å². The molecule has 0 bridgehead atoms. The molecule has 2 atom stereocenters. The molecule has 4 nitrogen and oxygen atoms in total. The summed E-state index contributed by atoms with van der Waals surface area (Å²) in [7, 11) is 0. The maximum absolute atomic E-state index is 11.8. The van der Waals surface area contributed by atoms with Gasteiger partial charge in [0.05, 0.1) is 9.98 Å². The molecule has 1 saturated heterocycles. The minimum Gasteiger partial charge on any atom is -0.274 e. The summed E-state index contributed by atoms with van der Waals surface area (Å²) in [6.45, 7) is 3.54. The summed E-state index contributed by atoms with van der Waals surface area (Å²) in [6.07, 6.45) is 1.59. The Morgan fingerprint density at radius 1 is 1.33 bits per heavy atom. The highest BCUT2D eigenvalue weighted by atomic mass is 79.9. The number of hydrogen-bond acceptors (Lipinski definition) is 4. The van der Waals surface area contributed by atoms with Crippen molar-refractivity contribution in [2.45, 2.75) is 13.8 Å². The van der Waals surface area contributed by atoms with Gasteiger partial charge >= 0.3 is 0 Å². The summed E-state index contributed by atoms with van der Waals surface area (Å²) < 4.78 is 0.810. The zero-order valence-electron chi connectivity index (χ0n) is 8.23. The Hall–Kier alpha value is -0.750. The highest BCUT2D eigenvalue weighted by Crippen LogP contribution is 2.34. The van der Waals surface area contributed by atoms with Gasteiger partial charge in [0.1, 0.15) is 0 Å². The third kappa shape index (κ3) is 1.61. The number of rotatable bonds is 1. The standard InChI is InChI=1S/C9H9BrN2O2S/c1-4-5(2)8(14)12(7(4)13)9-11-3-6(10)15-9/h3-5H,1-2H3. The van der Waals surface area contributed by atoms with Crippen LogP contribution in [0.4, 0.5) is 5.13 Å². The van der Waals surface area contributed by atoms with Crippen molar-refractivity contribution in [3.05, 3.63) is 9.98 Å². The summed E-state index contributed by atoms with van der Waals surface area (Å²) in [6, 6.07) is 0.